The van der Waals surface area contributed by atoms with Crippen molar-refractivity contribution in [1.29, 1.82) is 0 Å². The van der Waals surface area contributed by atoms with E-state index in [1.807, 2.05) is 0 Å². The van der Waals surface area contributed by atoms with Crippen molar-refractivity contribution in [1.82, 2.24) is 9.97 Å². The Kier molecular flexibility index (Phi) is 2.91. The fourth-order valence-electron chi connectivity index (χ4n) is 1.56. The number of anilines is 1. The third-order valence-corrected chi connectivity index (χ3v) is 2.32. The molecule has 0 atom stereocenters. The zero-order valence-electron chi connectivity index (χ0n) is 9.57. The molecule has 1 heterocycles. The lowest BCUT2D eigenvalue weighted by atomic mass is 10.1. The summed E-state index contributed by atoms with van der Waals surface area (Å²) in [5, 5.41) is 0. The van der Waals surface area contributed by atoms with Gasteiger partial charge in [0.25, 0.3) is 0 Å². The Bertz CT molecular complexity index is 537. The zero-order chi connectivity index (χ0) is 12.4. The maximum atomic E-state index is 13.8. The molecule has 2 aromatic rings. The minimum atomic E-state index is -0.401. The maximum absolute atomic E-state index is 13.8. The van der Waals surface area contributed by atoms with E-state index in [0.717, 1.165) is 0 Å². The van der Waals surface area contributed by atoms with E-state index in [1.165, 1.54) is 13.2 Å². The fourth-order valence-corrected chi connectivity index (χ4v) is 1.56. The summed E-state index contributed by atoms with van der Waals surface area (Å²) in [6, 6.07) is 6.27. The van der Waals surface area contributed by atoms with Crippen LogP contribution in [0.1, 0.15) is 5.69 Å². The van der Waals surface area contributed by atoms with Crippen LogP contribution in [0.4, 0.5) is 10.3 Å². The van der Waals surface area contributed by atoms with E-state index < -0.39 is 5.82 Å². The molecule has 5 heteroatoms. The minimum absolute atomic E-state index is 0.134. The molecule has 0 aliphatic rings. The lowest BCUT2D eigenvalue weighted by Gasteiger charge is -2.06. The number of hydrogen-bond acceptors (Lipinski definition) is 4. The smallest absolute Gasteiger partial charge is 0.220 e. The number of aromatic nitrogens is 2. The average molecular weight is 233 g/mol. The summed E-state index contributed by atoms with van der Waals surface area (Å²) < 4.78 is 18.7. The van der Waals surface area contributed by atoms with Crippen molar-refractivity contribution >= 4 is 5.95 Å². The van der Waals surface area contributed by atoms with E-state index in [4.69, 9.17) is 10.5 Å². The molecule has 0 bridgehead atoms. The summed E-state index contributed by atoms with van der Waals surface area (Å²) in [6.07, 6.45) is 0. The topological polar surface area (TPSA) is 61.0 Å². The highest BCUT2D eigenvalue weighted by Gasteiger charge is 2.09. The summed E-state index contributed by atoms with van der Waals surface area (Å²) in [6.45, 7) is 1.78. The van der Waals surface area contributed by atoms with Crippen LogP contribution in [-0.2, 0) is 0 Å². The predicted octanol–water partition coefficient (Wildman–Crippen LogP) is 2.18. The highest BCUT2D eigenvalue weighted by atomic mass is 19.1. The standard InChI is InChI=1S/C12H12FN3O/c1-7-5-11(16-12(14)15-7)9-4-3-8(17-2)6-10(9)13/h3-6H,1-2H3,(H2,14,15,16). The number of nitrogens with two attached hydrogens (primary N) is 1. The molecule has 2 N–H and O–H groups in total. The summed E-state index contributed by atoms with van der Waals surface area (Å²) in [5.41, 5.74) is 7.08. The van der Waals surface area contributed by atoms with Gasteiger partial charge in [-0.15, -0.1) is 0 Å². The van der Waals surface area contributed by atoms with Gasteiger partial charge in [0, 0.05) is 17.3 Å². The Morgan fingerprint density at radius 3 is 2.59 bits per heavy atom. The minimum Gasteiger partial charge on any atom is -0.497 e. The molecule has 88 valence electrons. The number of nitrogen functional groups attached to an aromatic ring is 1. The van der Waals surface area contributed by atoms with Crippen LogP contribution in [0.25, 0.3) is 11.3 Å². The van der Waals surface area contributed by atoms with Gasteiger partial charge >= 0.3 is 0 Å². The third kappa shape index (κ3) is 2.33. The highest BCUT2D eigenvalue weighted by Crippen LogP contribution is 2.25. The highest BCUT2D eigenvalue weighted by molar-refractivity contribution is 5.62. The Morgan fingerprint density at radius 2 is 2.00 bits per heavy atom. The molecule has 2 rings (SSSR count). The molecule has 1 aromatic carbocycles. The van der Waals surface area contributed by atoms with Gasteiger partial charge < -0.3 is 10.5 Å². The zero-order valence-corrected chi connectivity index (χ0v) is 9.57. The van der Waals surface area contributed by atoms with Crippen LogP contribution in [0.2, 0.25) is 0 Å². The summed E-state index contributed by atoms with van der Waals surface area (Å²) in [4.78, 5) is 7.95. The van der Waals surface area contributed by atoms with Crippen LogP contribution in [0, 0.1) is 12.7 Å². The van der Waals surface area contributed by atoms with Gasteiger partial charge in [0.2, 0.25) is 5.95 Å². The number of nitrogens with zero attached hydrogens (tertiary/aromatic N) is 2. The first-order chi connectivity index (χ1) is 8.10. The van der Waals surface area contributed by atoms with Crippen molar-refractivity contribution in [3.05, 3.63) is 35.8 Å². The van der Waals surface area contributed by atoms with Crippen LogP contribution < -0.4 is 10.5 Å². The molecule has 0 fully saturated rings. The normalized spacial score (nSPS) is 10.3. The second-order valence-electron chi connectivity index (χ2n) is 3.60. The number of ether oxygens (including phenoxy) is 1. The second-order valence-corrected chi connectivity index (χ2v) is 3.60. The van der Waals surface area contributed by atoms with Crippen molar-refractivity contribution in [3.8, 4) is 17.0 Å². The van der Waals surface area contributed by atoms with Gasteiger partial charge in [-0.3, -0.25) is 0 Å². The molecule has 0 unspecified atom stereocenters. The first-order valence-corrected chi connectivity index (χ1v) is 5.05. The van der Waals surface area contributed by atoms with Crippen LogP contribution >= 0.6 is 0 Å². The number of rotatable bonds is 2. The van der Waals surface area contributed by atoms with E-state index in [1.54, 1.807) is 25.1 Å². The SMILES string of the molecule is COc1ccc(-c2cc(C)nc(N)n2)c(F)c1. The molecule has 0 saturated carbocycles. The molecule has 1 aromatic heterocycles. The van der Waals surface area contributed by atoms with Gasteiger partial charge in [0.05, 0.1) is 12.8 Å². The average Bonchev–Trinajstić information content (AvgIpc) is 2.27. The monoisotopic (exact) mass is 233 g/mol. The van der Waals surface area contributed by atoms with Gasteiger partial charge in [0.15, 0.2) is 0 Å². The molecule has 17 heavy (non-hydrogen) atoms. The Morgan fingerprint density at radius 1 is 1.24 bits per heavy atom. The van der Waals surface area contributed by atoms with Crippen molar-refractivity contribution in [2.75, 3.05) is 12.8 Å². The van der Waals surface area contributed by atoms with E-state index in [0.29, 0.717) is 22.7 Å². The molecule has 0 radical (unpaired) electrons. The predicted molar refractivity (Wildman–Crippen MR) is 63.1 cm³/mol. The number of halogens is 1. The first-order valence-electron chi connectivity index (χ1n) is 5.05. The van der Waals surface area contributed by atoms with E-state index in [9.17, 15) is 4.39 Å². The van der Waals surface area contributed by atoms with E-state index in [2.05, 4.69) is 9.97 Å². The van der Waals surface area contributed by atoms with Gasteiger partial charge in [-0.2, -0.15) is 0 Å². The van der Waals surface area contributed by atoms with Crippen molar-refractivity contribution in [2.24, 2.45) is 0 Å². The van der Waals surface area contributed by atoms with E-state index in [-0.39, 0.29) is 5.95 Å². The van der Waals surface area contributed by atoms with Crippen molar-refractivity contribution in [2.45, 2.75) is 6.92 Å². The first kappa shape index (κ1) is 11.3. The summed E-state index contributed by atoms with van der Waals surface area (Å²) in [5.74, 6) is 0.196. The van der Waals surface area contributed by atoms with Crippen molar-refractivity contribution in [3.63, 3.8) is 0 Å². The Balaban J connectivity index is 2.52. The Labute approximate surface area is 98.3 Å². The van der Waals surface area contributed by atoms with Gasteiger partial charge in [0.1, 0.15) is 11.6 Å². The van der Waals surface area contributed by atoms with Gasteiger partial charge in [-0.1, -0.05) is 0 Å². The second kappa shape index (κ2) is 4.37. The molecule has 0 spiro atoms. The molecule has 0 amide bonds. The molecule has 0 aliphatic carbocycles. The number of aryl methyl sites for hydroxylation is 1. The fraction of sp³-hybridized carbons (Fsp3) is 0.167. The molecule has 0 saturated heterocycles. The number of benzene rings is 1. The quantitative estimate of drug-likeness (QED) is 0.863. The van der Waals surface area contributed by atoms with Crippen molar-refractivity contribution < 1.29 is 9.13 Å². The van der Waals surface area contributed by atoms with Crippen LogP contribution in [-0.4, -0.2) is 17.1 Å². The largest absolute Gasteiger partial charge is 0.497 e. The molecule has 0 aliphatic heterocycles. The lowest BCUT2D eigenvalue weighted by Crippen LogP contribution is -1.99. The third-order valence-electron chi connectivity index (χ3n) is 2.32. The van der Waals surface area contributed by atoms with Crippen LogP contribution in [0.3, 0.4) is 0 Å². The van der Waals surface area contributed by atoms with Gasteiger partial charge in [-0.25, -0.2) is 14.4 Å². The van der Waals surface area contributed by atoms with Crippen LogP contribution in [0.15, 0.2) is 24.3 Å². The van der Waals surface area contributed by atoms with Gasteiger partial charge in [-0.05, 0) is 25.1 Å². The Hall–Kier alpha value is -2.17. The summed E-state index contributed by atoms with van der Waals surface area (Å²) >= 11 is 0. The van der Waals surface area contributed by atoms with Crippen LogP contribution in [0.5, 0.6) is 5.75 Å². The molecular formula is C12H12FN3O. The van der Waals surface area contributed by atoms with E-state index >= 15 is 0 Å². The molecular weight excluding hydrogens is 221 g/mol. The summed E-state index contributed by atoms with van der Waals surface area (Å²) in [7, 11) is 1.49. The number of hydrogen-bond donors (Lipinski definition) is 1. The molecule has 4 nitrogen and oxygen atoms in total. The lowest BCUT2D eigenvalue weighted by molar-refractivity contribution is 0.411. The number of methoxy groups -OCH3 is 1. The maximum Gasteiger partial charge on any atom is 0.220 e.